The molecule has 4 heteroatoms. The number of nitrogens with zero attached hydrogens (tertiary/aromatic N) is 1. The van der Waals surface area contributed by atoms with Crippen LogP contribution in [-0.2, 0) is 0 Å². The van der Waals surface area contributed by atoms with E-state index in [2.05, 4.69) is 71.7 Å². The maximum Gasteiger partial charge on any atom is 0.139 e. The van der Waals surface area contributed by atoms with Crippen molar-refractivity contribution in [3.63, 3.8) is 0 Å². The van der Waals surface area contributed by atoms with Crippen LogP contribution in [0.1, 0.15) is 0 Å². The predicted molar refractivity (Wildman–Crippen MR) is 140 cm³/mol. The van der Waals surface area contributed by atoms with Crippen LogP contribution in [0.4, 0.5) is 0 Å². The molecule has 6 aromatic rings. The van der Waals surface area contributed by atoms with Crippen molar-refractivity contribution >= 4 is 44.7 Å². The van der Waals surface area contributed by atoms with E-state index >= 15 is 0 Å². The summed E-state index contributed by atoms with van der Waals surface area (Å²) in [6.45, 7) is 0. The van der Waals surface area contributed by atoms with Crippen molar-refractivity contribution in [1.82, 2.24) is 9.97 Å². The molecule has 33 heavy (non-hydrogen) atoms. The van der Waals surface area contributed by atoms with E-state index in [0.29, 0.717) is 10.0 Å². The van der Waals surface area contributed by atoms with E-state index in [1.165, 1.54) is 10.8 Å². The molecule has 5 aromatic carbocycles. The molecule has 6 rings (SSSR count). The Labute approximate surface area is 201 Å². The average molecular weight is 465 g/mol. The Balaban J connectivity index is 1.71. The van der Waals surface area contributed by atoms with Gasteiger partial charge in [-0.05, 0) is 33.7 Å². The molecule has 0 unspecified atom stereocenters. The van der Waals surface area contributed by atoms with Gasteiger partial charge in [0, 0.05) is 16.7 Å². The van der Waals surface area contributed by atoms with Crippen LogP contribution in [-0.4, -0.2) is 9.97 Å². The largest absolute Gasteiger partial charge is 0.337 e. The first-order chi connectivity index (χ1) is 16.2. The lowest BCUT2D eigenvalue weighted by molar-refractivity contribution is 1.32. The number of aromatic amines is 1. The van der Waals surface area contributed by atoms with Crippen LogP contribution >= 0.6 is 23.2 Å². The molecule has 0 atom stereocenters. The van der Waals surface area contributed by atoms with Gasteiger partial charge in [0.1, 0.15) is 5.82 Å². The second kappa shape index (κ2) is 8.08. The minimum atomic E-state index is 0.509. The Kier molecular flexibility index (Phi) is 4.91. The number of H-pyrrole nitrogens is 1. The lowest BCUT2D eigenvalue weighted by Gasteiger charge is -2.10. The normalized spacial score (nSPS) is 11.3. The molecule has 2 nitrogen and oxygen atoms in total. The summed E-state index contributed by atoms with van der Waals surface area (Å²) in [5.74, 6) is 0.799. The van der Waals surface area contributed by atoms with Gasteiger partial charge in [-0.25, -0.2) is 4.98 Å². The van der Waals surface area contributed by atoms with Gasteiger partial charge in [0.05, 0.1) is 21.4 Å². The maximum atomic E-state index is 6.65. The number of halogens is 2. The fourth-order valence-electron chi connectivity index (χ4n) is 4.46. The smallest absolute Gasteiger partial charge is 0.139 e. The fourth-order valence-corrected chi connectivity index (χ4v) is 4.85. The van der Waals surface area contributed by atoms with Gasteiger partial charge < -0.3 is 4.98 Å². The summed E-state index contributed by atoms with van der Waals surface area (Å²) in [4.78, 5) is 8.75. The quantitative estimate of drug-likeness (QED) is 0.260. The van der Waals surface area contributed by atoms with Crippen LogP contribution in [0.3, 0.4) is 0 Å². The Hall–Kier alpha value is -3.59. The third-order valence-corrected chi connectivity index (χ3v) is 6.80. The van der Waals surface area contributed by atoms with Crippen molar-refractivity contribution < 1.29 is 0 Å². The van der Waals surface area contributed by atoms with E-state index in [1.807, 2.05) is 30.3 Å². The van der Waals surface area contributed by atoms with Gasteiger partial charge >= 0.3 is 0 Å². The maximum absolute atomic E-state index is 6.65. The first-order valence-electron chi connectivity index (χ1n) is 10.7. The molecule has 1 aromatic heterocycles. The van der Waals surface area contributed by atoms with Crippen molar-refractivity contribution in [2.75, 3.05) is 0 Å². The second-order valence-corrected chi connectivity index (χ2v) is 8.76. The first-order valence-corrected chi connectivity index (χ1v) is 11.5. The summed E-state index contributed by atoms with van der Waals surface area (Å²) < 4.78 is 0. The summed E-state index contributed by atoms with van der Waals surface area (Å²) in [7, 11) is 0. The Morgan fingerprint density at radius 1 is 0.636 bits per heavy atom. The topological polar surface area (TPSA) is 28.7 Å². The van der Waals surface area contributed by atoms with E-state index in [0.717, 1.165) is 44.7 Å². The zero-order chi connectivity index (χ0) is 22.4. The number of fused-ring (bicyclic) bond motifs is 2. The molecule has 0 amide bonds. The van der Waals surface area contributed by atoms with Crippen LogP contribution in [0.2, 0.25) is 10.0 Å². The number of rotatable bonds is 3. The molecule has 0 aliphatic heterocycles. The average Bonchev–Trinajstić information content (AvgIpc) is 3.29. The Bertz CT molecular complexity index is 1580. The number of imidazole rings is 1. The van der Waals surface area contributed by atoms with E-state index in [-0.39, 0.29) is 0 Å². The minimum absolute atomic E-state index is 0.509. The molecular weight excluding hydrogens is 447 g/mol. The molecule has 0 bridgehead atoms. The van der Waals surface area contributed by atoms with Gasteiger partial charge in [-0.2, -0.15) is 0 Å². The van der Waals surface area contributed by atoms with Gasteiger partial charge in [-0.1, -0.05) is 114 Å². The highest BCUT2D eigenvalue weighted by atomic mass is 35.5. The minimum Gasteiger partial charge on any atom is -0.337 e. The van der Waals surface area contributed by atoms with Crippen molar-refractivity contribution in [1.29, 1.82) is 0 Å². The number of aromatic nitrogens is 2. The van der Waals surface area contributed by atoms with Crippen LogP contribution in [0.5, 0.6) is 0 Å². The monoisotopic (exact) mass is 464 g/mol. The van der Waals surface area contributed by atoms with E-state index < -0.39 is 0 Å². The molecule has 1 N–H and O–H groups in total. The molecule has 158 valence electrons. The Morgan fingerprint density at radius 2 is 1.27 bits per heavy atom. The van der Waals surface area contributed by atoms with Crippen LogP contribution in [0.25, 0.3) is 55.4 Å². The number of hydrogen-bond donors (Lipinski definition) is 1. The molecule has 0 aliphatic rings. The van der Waals surface area contributed by atoms with E-state index in [9.17, 15) is 0 Å². The predicted octanol–water partition coefficient (Wildman–Crippen LogP) is 9.02. The first kappa shape index (κ1) is 20.0. The van der Waals surface area contributed by atoms with Gasteiger partial charge in [-0.15, -0.1) is 0 Å². The Morgan fingerprint density at radius 3 is 1.97 bits per heavy atom. The molecule has 0 radical (unpaired) electrons. The fraction of sp³-hybridized carbons (Fsp3) is 0. The SMILES string of the molecule is Clc1cccc(-c2[nH]c(-c3c4ccccc4cc4ccccc34)nc2-c2ccccc2)c1Cl. The van der Waals surface area contributed by atoms with Crippen LogP contribution in [0.15, 0.2) is 103 Å². The van der Waals surface area contributed by atoms with Crippen molar-refractivity contribution in [3.05, 3.63) is 113 Å². The summed E-state index contributed by atoms with van der Waals surface area (Å²) in [6, 6.07) is 34.9. The molecule has 0 fully saturated rings. The summed E-state index contributed by atoms with van der Waals surface area (Å²) in [5.41, 5.74) is 4.60. The standard InChI is InChI=1S/C29H18Cl2N2/c30-24-16-8-15-23(26(24)31)28-27(18-9-2-1-3-10-18)32-29(33-28)25-21-13-6-4-11-19(21)17-20-12-5-7-14-22(20)25/h1-17H,(H,32,33). The second-order valence-electron chi connectivity index (χ2n) is 7.97. The highest BCUT2D eigenvalue weighted by molar-refractivity contribution is 6.43. The molecule has 1 heterocycles. The third-order valence-electron chi connectivity index (χ3n) is 5.98. The lowest BCUT2D eigenvalue weighted by atomic mass is 9.96. The molecular formula is C29H18Cl2N2. The zero-order valence-electron chi connectivity index (χ0n) is 17.5. The molecule has 0 saturated carbocycles. The lowest BCUT2D eigenvalue weighted by Crippen LogP contribution is -1.87. The van der Waals surface area contributed by atoms with E-state index in [1.54, 1.807) is 6.07 Å². The zero-order valence-corrected chi connectivity index (χ0v) is 19.0. The number of hydrogen-bond acceptors (Lipinski definition) is 1. The summed E-state index contributed by atoms with van der Waals surface area (Å²) >= 11 is 13.0. The van der Waals surface area contributed by atoms with Gasteiger partial charge in [-0.3, -0.25) is 0 Å². The molecule has 0 spiro atoms. The van der Waals surface area contributed by atoms with Gasteiger partial charge in [0.2, 0.25) is 0 Å². The van der Waals surface area contributed by atoms with Crippen molar-refractivity contribution in [2.45, 2.75) is 0 Å². The molecule has 0 saturated heterocycles. The van der Waals surface area contributed by atoms with Crippen LogP contribution in [0, 0.1) is 0 Å². The van der Waals surface area contributed by atoms with Gasteiger partial charge in [0.15, 0.2) is 0 Å². The number of nitrogens with one attached hydrogen (secondary N) is 1. The van der Waals surface area contributed by atoms with Crippen LogP contribution < -0.4 is 0 Å². The third kappa shape index (κ3) is 3.39. The highest BCUT2D eigenvalue weighted by Gasteiger charge is 2.20. The summed E-state index contributed by atoms with van der Waals surface area (Å²) in [6.07, 6.45) is 0. The molecule has 0 aliphatic carbocycles. The number of benzene rings is 5. The van der Waals surface area contributed by atoms with E-state index in [4.69, 9.17) is 28.2 Å². The summed E-state index contributed by atoms with van der Waals surface area (Å²) in [5, 5.41) is 5.66. The van der Waals surface area contributed by atoms with Gasteiger partial charge in [0.25, 0.3) is 0 Å². The van der Waals surface area contributed by atoms with Crippen molar-refractivity contribution in [2.24, 2.45) is 0 Å². The highest BCUT2D eigenvalue weighted by Crippen LogP contribution is 2.41. The van der Waals surface area contributed by atoms with Crippen molar-refractivity contribution in [3.8, 4) is 33.9 Å².